The third-order valence-electron chi connectivity index (χ3n) is 4.14. The average molecular weight is 380 g/mol. The number of nitrogens with zero attached hydrogens (tertiary/aromatic N) is 3. The van der Waals surface area contributed by atoms with Crippen molar-refractivity contribution in [1.82, 2.24) is 24.5 Å². The molecule has 0 atom stereocenters. The average Bonchev–Trinajstić information content (AvgIpc) is 3.07. The summed E-state index contributed by atoms with van der Waals surface area (Å²) in [5.41, 5.74) is -0.662. The molecule has 10 heteroatoms. The van der Waals surface area contributed by atoms with Gasteiger partial charge in [0.15, 0.2) is 0 Å². The van der Waals surface area contributed by atoms with Gasteiger partial charge in [-0.3, -0.25) is 19.6 Å². The van der Waals surface area contributed by atoms with Gasteiger partial charge in [-0.2, -0.15) is 0 Å². The van der Waals surface area contributed by atoms with E-state index in [4.69, 9.17) is 0 Å². The van der Waals surface area contributed by atoms with E-state index in [-0.39, 0.29) is 22.3 Å². The molecule has 3 aromatic heterocycles. The molecule has 0 aliphatic rings. The summed E-state index contributed by atoms with van der Waals surface area (Å²) in [6, 6.07) is 5.56. The van der Waals surface area contributed by atoms with E-state index in [0.29, 0.717) is 11.5 Å². The number of amides is 1. The fourth-order valence-corrected chi connectivity index (χ4v) is 2.79. The molecule has 1 aromatic carbocycles. The highest BCUT2D eigenvalue weighted by molar-refractivity contribution is 6.05. The maximum atomic E-state index is 14.5. The number of aromatic nitrogens is 5. The van der Waals surface area contributed by atoms with Crippen LogP contribution in [0, 0.1) is 12.7 Å². The van der Waals surface area contributed by atoms with Gasteiger partial charge in [0.05, 0.1) is 16.6 Å². The molecule has 4 rings (SSSR count). The van der Waals surface area contributed by atoms with Gasteiger partial charge in [-0.15, -0.1) is 0 Å². The quantitative estimate of drug-likeness (QED) is 0.497. The third kappa shape index (κ3) is 3.07. The number of H-pyrrole nitrogens is 2. The monoisotopic (exact) mass is 380 g/mol. The van der Waals surface area contributed by atoms with Crippen LogP contribution in [-0.2, 0) is 0 Å². The highest BCUT2D eigenvalue weighted by Crippen LogP contribution is 2.20. The van der Waals surface area contributed by atoms with Crippen LogP contribution in [-0.4, -0.2) is 30.4 Å². The second-order valence-corrected chi connectivity index (χ2v) is 5.99. The van der Waals surface area contributed by atoms with E-state index in [9.17, 15) is 18.8 Å². The molecule has 1 amide bonds. The van der Waals surface area contributed by atoms with Crippen LogP contribution >= 0.6 is 0 Å². The Morgan fingerprint density at radius 1 is 1.18 bits per heavy atom. The highest BCUT2D eigenvalue weighted by atomic mass is 19.1. The number of imidazole rings is 1. The zero-order valence-electron chi connectivity index (χ0n) is 14.5. The lowest BCUT2D eigenvalue weighted by Gasteiger charge is -2.10. The van der Waals surface area contributed by atoms with Crippen molar-refractivity contribution in [2.45, 2.75) is 6.92 Å². The van der Waals surface area contributed by atoms with Crippen LogP contribution in [0.3, 0.4) is 0 Å². The number of rotatable bonds is 3. The minimum Gasteiger partial charge on any atom is -0.322 e. The Hall–Kier alpha value is -4.08. The van der Waals surface area contributed by atoms with Crippen LogP contribution in [0.25, 0.3) is 16.7 Å². The van der Waals surface area contributed by atoms with Crippen molar-refractivity contribution in [3.8, 4) is 5.69 Å². The number of nitrogens with one attached hydrogen (secondary N) is 3. The second-order valence-electron chi connectivity index (χ2n) is 5.99. The van der Waals surface area contributed by atoms with Gasteiger partial charge in [0.1, 0.15) is 17.3 Å². The van der Waals surface area contributed by atoms with Gasteiger partial charge in [-0.1, -0.05) is 0 Å². The molecule has 3 heterocycles. The molecule has 3 N–H and O–H groups in total. The molecule has 4 aromatic rings. The highest BCUT2D eigenvalue weighted by Gasteiger charge is 2.13. The molecule has 0 aliphatic heterocycles. The summed E-state index contributed by atoms with van der Waals surface area (Å²) in [6.45, 7) is 1.75. The van der Waals surface area contributed by atoms with Crippen LogP contribution < -0.4 is 16.6 Å². The van der Waals surface area contributed by atoms with Gasteiger partial charge >= 0.3 is 5.69 Å². The molecule has 0 saturated carbocycles. The predicted octanol–water partition coefficient (Wildman–Crippen LogP) is 1.50. The Bertz CT molecular complexity index is 1340. The number of anilines is 1. The molecule has 0 fully saturated rings. The zero-order valence-corrected chi connectivity index (χ0v) is 14.5. The van der Waals surface area contributed by atoms with Crippen LogP contribution in [0.15, 0.2) is 52.4 Å². The van der Waals surface area contributed by atoms with Gasteiger partial charge in [0.2, 0.25) is 0 Å². The molecule has 0 bridgehead atoms. The van der Waals surface area contributed by atoms with Crippen molar-refractivity contribution >= 4 is 22.6 Å². The van der Waals surface area contributed by atoms with Crippen molar-refractivity contribution in [2.24, 2.45) is 0 Å². The van der Waals surface area contributed by atoms with Crippen molar-refractivity contribution in [3.05, 3.63) is 80.9 Å². The van der Waals surface area contributed by atoms with Gasteiger partial charge in [0, 0.05) is 24.3 Å². The Morgan fingerprint density at radius 3 is 2.71 bits per heavy atom. The molecular formula is C18H13FN6O3. The van der Waals surface area contributed by atoms with E-state index in [1.807, 2.05) is 0 Å². The molecular weight excluding hydrogens is 367 g/mol. The molecule has 0 saturated heterocycles. The van der Waals surface area contributed by atoms with Crippen LogP contribution in [0.2, 0.25) is 0 Å². The maximum absolute atomic E-state index is 14.5. The van der Waals surface area contributed by atoms with E-state index < -0.39 is 23.0 Å². The summed E-state index contributed by atoms with van der Waals surface area (Å²) in [5, 5.41) is 2.61. The number of halogens is 1. The van der Waals surface area contributed by atoms with Gasteiger partial charge in [-0.25, -0.2) is 19.2 Å². The number of fused-ring (bicyclic) bond motifs is 1. The summed E-state index contributed by atoms with van der Waals surface area (Å²) in [4.78, 5) is 48.0. The first-order valence-corrected chi connectivity index (χ1v) is 8.16. The van der Waals surface area contributed by atoms with Crippen molar-refractivity contribution in [3.63, 3.8) is 0 Å². The van der Waals surface area contributed by atoms with Crippen LogP contribution in [0.4, 0.5) is 10.1 Å². The number of hydrogen-bond acceptors (Lipinski definition) is 5. The first kappa shape index (κ1) is 17.3. The molecule has 140 valence electrons. The first-order chi connectivity index (χ1) is 13.4. The lowest BCUT2D eigenvalue weighted by Crippen LogP contribution is -2.23. The molecule has 0 radical (unpaired) electrons. The Kier molecular flexibility index (Phi) is 4.07. The smallest absolute Gasteiger partial charge is 0.322 e. The number of pyridine rings is 1. The first-order valence-electron chi connectivity index (χ1n) is 8.16. The maximum Gasteiger partial charge on any atom is 0.327 e. The van der Waals surface area contributed by atoms with Gasteiger partial charge in [-0.05, 0) is 31.2 Å². The standard InChI is InChI=1S/C18H13FN6O3/c1-9-20-4-5-25(9)14-3-2-11(7-13(14)19)22-16(26)10-6-12-15(21-8-10)23-18(28)24-17(12)27/h2-8H,1H3,(H,22,26)(H2,21,23,24,27,28). The topological polar surface area (TPSA) is 126 Å². The summed E-state index contributed by atoms with van der Waals surface area (Å²) >= 11 is 0. The Morgan fingerprint density at radius 2 is 2.00 bits per heavy atom. The zero-order chi connectivity index (χ0) is 19.8. The van der Waals surface area contributed by atoms with E-state index in [1.54, 1.807) is 30.0 Å². The van der Waals surface area contributed by atoms with Crippen LogP contribution in [0.1, 0.15) is 16.2 Å². The Balaban J connectivity index is 1.63. The van der Waals surface area contributed by atoms with Crippen molar-refractivity contribution in [1.29, 1.82) is 0 Å². The molecule has 0 spiro atoms. The summed E-state index contributed by atoms with van der Waals surface area (Å²) < 4.78 is 16.0. The second kappa shape index (κ2) is 6.58. The number of aryl methyl sites for hydroxylation is 1. The van der Waals surface area contributed by atoms with E-state index >= 15 is 0 Å². The lowest BCUT2D eigenvalue weighted by molar-refractivity contribution is 0.102. The molecule has 9 nitrogen and oxygen atoms in total. The molecule has 0 aliphatic carbocycles. The minimum atomic E-state index is -0.689. The molecule has 0 unspecified atom stereocenters. The van der Waals surface area contributed by atoms with Crippen molar-refractivity contribution in [2.75, 3.05) is 5.32 Å². The normalized spacial score (nSPS) is 10.9. The predicted molar refractivity (Wildman–Crippen MR) is 99.2 cm³/mol. The summed E-state index contributed by atoms with van der Waals surface area (Å²) in [6.07, 6.45) is 4.41. The summed E-state index contributed by atoms with van der Waals surface area (Å²) in [5.74, 6) is -0.489. The van der Waals surface area contributed by atoms with Gasteiger partial charge < -0.3 is 9.88 Å². The number of carbonyl (C=O) groups excluding carboxylic acids is 1. The lowest BCUT2D eigenvalue weighted by atomic mass is 10.2. The van der Waals surface area contributed by atoms with Crippen LogP contribution in [0.5, 0.6) is 0 Å². The van der Waals surface area contributed by atoms with Gasteiger partial charge in [0.25, 0.3) is 11.5 Å². The number of carbonyl (C=O) groups is 1. The fraction of sp³-hybridized carbons (Fsp3) is 0.0556. The van der Waals surface area contributed by atoms with E-state index in [0.717, 1.165) is 0 Å². The van der Waals surface area contributed by atoms with E-state index in [1.165, 1.54) is 24.4 Å². The van der Waals surface area contributed by atoms with E-state index in [2.05, 4.69) is 25.3 Å². The number of hydrogen-bond donors (Lipinski definition) is 3. The fourth-order valence-electron chi connectivity index (χ4n) is 2.79. The largest absolute Gasteiger partial charge is 0.327 e. The summed E-state index contributed by atoms with van der Waals surface area (Å²) in [7, 11) is 0. The SMILES string of the molecule is Cc1nccn1-c1ccc(NC(=O)c2cnc3[nH]c(=O)[nH]c(=O)c3c2)cc1F. The Labute approximate surface area is 155 Å². The number of benzene rings is 1. The number of aromatic amines is 2. The minimum absolute atomic E-state index is 0.0596. The van der Waals surface area contributed by atoms with Crippen molar-refractivity contribution < 1.29 is 9.18 Å². The molecule has 28 heavy (non-hydrogen) atoms. The third-order valence-corrected chi connectivity index (χ3v) is 4.14.